The molecule has 6 nitrogen and oxygen atoms in total. The zero-order chi connectivity index (χ0) is 13.4. The number of rotatable bonds is 2. The van der Waals surface area contributed by atoms with Crippen molar-refractivity contribution in [3.63, 3.8) is 0 Å². The van der Waals surface area contributed by atoms with Crippen LogP contribution in [0, 0.1) is 6.92 Å². The summed E-state index contributed by atoms with van der Waals surface area (Å²) in [6.07, 6.45) is 1.61. The molecule has 0 saturated carbocycles. The maximum absolute atomic E-state index is 5.75. The van der Waals surface area contributed by atoms with Crippen molar-refractivity contribution in [3.8, 4) is 11.6 Å². The fraction of sp³-hybridized carbons (Fsp3) is 0.0833. The van der Waals surface area contributed by atoms with Crippen LogP contribution in [0.5, 0.6) is 11.6 Å². The minimum absolute atomic E-state index is 0.139. The van der Waals surface area contributed by atoms with Gasteiger partial charge in [-0.1, -0.05) is 15.9 Å². The molecule has 0 unspecified atom stereocenters. The Morgan fingerprint density at radius 1 is 1.32 bits per heavy atom. The fourth-order valence-corrected chi connectivity index (χ4v) is 1.94. The van der Waals surface area contributed by atoms with Gasteiger partial charge in [0.15, 0.2) is 5.65 Å². The van der Waals surface area contributed by atoms with Crippen molar-refractivity contribution < 1.29 is 4.74 Å². The van der Waals surface area contributed by atoms with Crippen molar-refractivity contribution >= 4 is 32.9 Å². The Balaban J connectivity index is 2.04. The molecule has 3 rings (SSSR count). The highest BCUT2D eigenvalue weighted by Gasteiger charge is 2.10. The molecule has 7 heteroatoms. The van der Waals surface area contributed by atoms with Gasteiger partial charge in [0.05, 0.1) is 6.20 Å². The number of nitrogens with two attached hydrogens (primary N) is 1. The van der Waals surface area contributed by atoms with Crippen LogP contribution in [-0.4, -0.2) is 20.2 Å². The molecule has 3 aromatic rings. The molecule has 0 amide bonds. The molecular formula is C12H10BrN5O. The summed E-state index contributed by atoms with van der Waals surface area (Å²) in [4.78, 5) is 8.12. The zero-order valence-corrected chi connectivity index (χ0v) is 11.6. The van der Waals surface area contributed by atoms with Crippen LogP contribution in [0.2, 0.25) is 0 Å². The van der Waals surface area contributed by atoms with Crippen LogP contribution in [0.25, 0.3) is 11.0 Å². The summed E-state index contributed by atoms with van der Waals surface area (Å²) >= 11 is 3.44. The SMILES string of the molecule is Cc1cc(Oc2nc(N)nc3[nH]ncc23)ccc1Br. The van der Waals surface area contributed by atoms with E-state index in [0.29, 0.717) is 22.7 Å². The van der Waals surface area contributed by atoms with E-state index < -0.39 is 0 Å². The van der Waals surface area contributed by atoms with Crippen LogP contribution in [0.1, 0.15) is 5.56 Å². The lowest BCUT2D eigenvalue weighted by atomic mass is 10.2. The number of hydrogen-bond donors (Lipinski definition) is 2. The van der Waals surface area contributed by atoms with Gasteiger partial charge in [-0.05, 0) is 30.7 Å². The number of benzene rings is 1. The van der Waals surface area contributed by atoms with Gasteiger partial charge >= 0.3 is 0 Å². The molecule has 0 radical (unpaired) electrons. The second-order valence-electron chi connectivity index (χ2n) is 4.03. The van der Waals surface area contributed by atoms with Crippen molar-refractivity contribution in [2.24, 2.45) is 0 Å². The van der Waals surface area contributed by atoms with E-state index in [1.54, 1.807) is 6.20 Å². The Bertz CT molecular complexity index is 755. The number of H-pyrrole nitrogens is 1. The van der Waals surface area contributed by atoms with Gasteiger partial charge < -0.3 is 10.5 Å². The monoisotopic (exact) mass is 319 g/mol. The minimum atomic E-state index is 0.139. The van der Waals surface area contributed by atoms with Crippen LogP contribution >= 0.6 is 15.9 Å². The number of aromatic amines is 1. The second-order valence-corrected chi connectivity index (χ2v) is 4.89. The van der Waals surface area contributed by atoms with E-state index in [1.165, 1.54) is 0 Å². The standard InChI is InChI=1S/C12H10BrN5O/c1-6-4-7(2-3-9(6)13)19-11-8-5-15-18-10(8)16-12(14)17-11/h2-5H,1H3,(H3,14,15,16,17,18). The van der Waals surface area contributed by atoms with Crippen molar-refractivity contribution in [2.45, 2.75) is 6.92 Å². The largest absolute Gasteiger partial charge is 0.438 e. The third kappa shape index (κ3) is 2.24. The molecule has 96 valence electrons. The molecular weight excluding hydrogens is 310 g/mol. The van der Waals surface area contributed by atoms with Gasteiger partial charge in [0, 0.05) is 4.47 Å². The summed E-state index contributed by atoms with van der Waals surface area (Å²) in [6, 6.07) is 5.68. The number of aryl methyl sites for hydroxylation is 1. The summed E-state index contributed by atoms with van der Waals surface area (Å²) in [5.41, 5.74) is 7.26. The molecule has 0 saturated heterocycles. The van der Waals surface area contributed by atoms with Gasteiger partial charge in [-0.3, -0.25) is 5.10 Å². The Labute approximate surface area is 117 Å². The average Bonchev–Trinajstić information content (AvgIpc) is 2.82. The van der Waals surface area contributed by atoms with Crippen molar-refractivity contribution in [3.05, 3.63) is 34.4 Å². The first-order valence-electron chi connectivity index (χ1n) is 5.54. The van der Waals surface area contributed by atoms with Crippen LogP contribution < -0.4 is 10.5 Å². The van der Waals surface area contributed by atoms with E-state index in [2.05, 4.69) is 36.1 Å². The predicted molar refractivity (Wildman–Crippen MR) is 75.0 cm³/mol. The molecule has 2 aromatic heterocycles. The maximum Gasteiger partial charge on any atom is 0.235 e. The molecule has 0 aliphatic carbocycles. The average molecular weight is 320 g/mol. The molecule has 0 fully saturated rings. The number of aromatic nitrogens is 4. The lowest BCUT2D eigenvalue weighted by molar-refractivity contribution is 0.469. The number of nitrogen functional groups attached to an aromatic ring is 1. The Morgan fingerprint density at radius 3 is 2.95 bits per heavy atom. The number of nitrogens with zero attached hydrogens (tertiary/aromatic N) is 3. The molecule has 0 spiro atoms. The van der Waals surface area contributed by atoms with E-state index in [4.69, 9.17) is 10.5 Å². The number of ether oxygens (including phenoxy) is 1. The third-order valence-electron chi connectivity index (χ3n) is 2.64. The van der Waals surface area contributed by atoms with Gasteiger partial charge in [-0.15, -0.1) is 0 Å². The van der Waals surface area contributed by atoms with Gasteiger partial charge in [-0.25, -0.2) is 0 Å². The predicted octanol–water partition coefficient (Wildman–Crippen LogP) is 2.80. The Kier molecular flexibility index (Phi) is 2.83. The molecule has 1 aromatic carbocycles. The quantitative estimate of drug-likeness (QED) is 0.758. The van der Waals surface area contributed by atoms with Crippen molar-refractivity contribution in [2.75, 3.05) is 5.73 Å². The van der Waals surface area contributed by atoms with Gasteiger partial charge in [0.2, 0.25) is 11.8 Å². The zero-order valence-electron chi connectivity index (χ0n) is 10.0. The first-order chi connectivity index (χ1) is 9.13. The van der Waals surface area contributed by atoms with Crippen LogP contribution in [0.4, 0.5) is 5.95 Å². The molecule has 19 heavy (non-hydrogen) atoms. The molecule has 3 N–H and O–H groups in total. The summed E-state index contributed by atoms with van der Waals surface area (Å²) in [5.74, 6) is 1.21. The highest BCUT2D eigenvalue weighted by atomic mass is 79.9. The van der Waals surface area contributed by atoms with Crippen molar-refractivity contribution in [1.29, 1.82) is 0 Å². The van der Waals surface area contributed by atoms with E-state index >= 15 is 0 Å². The summed E-state index contributed by atoms with van der Waals surface area (Å²) in [6.45, 7) is 1.98. The van der Waals surface area contributed by atoms with E-state index in [0.717, 1.165) is 10.0 Å². The molecule has 0 aliphatic rings. The van der Waals surface area contributed by atoms with Gasteiger partial charge in [-0.2, -0.15) is 15.1 Å². The van der Waals surface area contributed by atoms with Crippen LogP contribution in [-0.2, 0) is 0 Å². The fourth-order valence-electron chi connectivity index (χ4n) is 1.69. The van der Waals surface area contributed by atoms with Gasteiger partial charge in [0.1, 0.15) is 11.1 Å². The van der Waals surface area contributed by atoms with Crippen LogP contribution in [0.3, 0.4) is 0 Å². The molecule has 2 heterocycles. The number of fused-ring (bicyclic) bond motifs is 1. The van der Waals surface area contributed by atoms with Gasteiger partial charge in [0.25, 0.3) is 0 Å². The normalized spacial score (nSPS) is 10.8. The highest BCUT2D eigenvalue weighted by molar-refractivity contribution is 9.10. The lowest BCUT2D eigenvalue weighted by Crippen LogP contribution is -1.98. The second kappa shape index (κ2) is 4.51. The Hall–Kier alpha value is -2.15. The molecule has 0 bridgehead atoms. The number of anilines is 1. The third-order valence-corrected chi connectivity index (χ3v) is 3.53. The summed E-state index contributed by atoms with van der Waals surface area (Å²) in [5, 5.41) is 7.33. The highest BCUT2D eigenvalue weighted by Crippen LogP contribution is 2.29. The molecule has 0 aliphatic heterocycles. The number of hydrogen-bond acceptors (Lipinski definition) is 5. The van der Waals surface area contributed by atoms with Crippen LogP contribution in [0.15, 0.2) is 28.9 Å². The number of halogens is 1. The topological polar surface area (TPSA) is 89.7 Å². The van der Waals surface area contributed by atoms with E-state index in [9.17, 15) is 0 Å². The lowest BCUT2D eigenvalue weighted by Gasteiger charge is -2.07. The maximum atomic E-state index is 5.75. The summed E-state index contributed by atoms with van der Waals surface area (Å²) in [7, 11) is 0. The first kappa shape index (κ1) is 11.9. The first-order valence-corrected chi connectivity index (χ1v) is 6.33. The Morgan fingerprint density at radius 2 is 2.16 bits per heavy atom. The molecule has 0 atom stereocenters. The van der Waals surface area contributed by atoms with Crippen molar-refractivity contribution in [1.82, 2.24) is 20.2 Å². The minimum Gasteiger partial charge on any atom is -0.438 e. The number of nitrogens with one attached hydrogen (secondary N) is 1. The summed E-state index contributed by atoms with van der Waals surface area (Å²) < 4.78 is 6.78. The van der Waals surface area contributed by atoms with E-state index in [1.807, 2.05) is 25.1 Å². The smallest absolute Gasteiger partial charge is 0.235 e. The van der Waals surface area contributed by atoms with E-state index in [-0.39, 0.29) is 5.95 Å².